The molecule has 0 unspecified atom stereocenters. The first-order chi connectivity index (χ1) is 8.11. The van der Waals surface area contributed by atoms with Gasteiger partial charge in [0.15, 0.2) is 17.1 Å². The van der Waals surface area contributed by atoms with Crippen molar-refractivity contribution in [2.75, 3.05) is 27.7 Å². The molecule has 0 saturated heterocycles. The van der Waals surface area contributed by atoms with E-state index in [0.29, 0.717) is 23.6 Å². The molecule has 0 N–H and O–H groups in total. The minimum absolute atomic E-state index is 0.0340. The smallest absolute Gasteiger partial charge is 0.211 e. The summed E-state index contributed by atoms with van der Waals surface area (Å²) in [6, 6.07) is 7.33. The molecule has 17 heavy (non-hydrogen) atoms. The molecule has 0 fully saturated rings. The predicted molar refractivity (Wildman–Crippen MR) is 65.7 cm³/mol. The molecule has 0 saturated carbocycles. The number of ether oxygens (including phenoxy) is 1. The summed E-state index contributed by atoms with van der Waals surface area (Å²) in [6.45, 7) is 0.335. The number of rotatable bonds is 4. The average Bonchev–Trinajstić information content (AvgIpc) is 2.71. The van der Waals surface area contributed by atoms with Crippen molar-refractivity contribution in [3.63, 3.8) is 0 Å². The van der Waals surface area contributed by atoms with E-state index in [1.165, 1.54) is 0 Å². The van der Waals surface area contributed by atoms with Crippen molar-refractivity contribution < 1.29 is 13.9 Å². The molecule has 0 radical (unpaired) electrons. The number of ketones is 1. The summed E-state index contributed by atoms with van der Waals surface area (Å²) in [5, 5.41) is 0.881. The second-order valence-corrected chi connectivity index (χ2v) is 4.15. The first-order valence-electron chi connectivity index (χ1n) is 5.36. The number of hydrogen-bond donors (Lipinski definition) is 0. The van der Waals surface area contributed by atoms with Gasteiger partial charge in [-0.3, -0.25) is 4.79 Å². The molecule has 4 heteroatoms. The molecule has 0 amide bonds. The molecule has 4 nitrogen and oxygen atoms in total. The van der Waals surface area contributed by atoms with Gasteiger partial charge in [-0.2, -0.15) is 0 Å². The Balaban J connectivity index is 2.41. The van der Waals surface area contributed by atoms with Crippen LogP contribution in [-0.2, 0) is 0 Å². The number of furan rings is 1. The second kappa shape index (κ2) is 4.59. The number of para-hydroxylation sites is 1. The Morgan fingerprint density at radius 2 is 2.18 bits per heavy atom. The van der Waals surface area contributed by atoms with Crippen LogP contribution in [-0.4, -0.2) is 38.4 Å². The van der Waals surface area contributed by atoms with Gasteiger partial charge in [0.05, 0.1) is 13.7 Å². The number of carbonyl (C=O) groups excluding carboxylic acids is 1. The van der Waals surface area contributed by atoms with Gasteiger partial charge in [-0.25, -0.2) is 0 Å². The molecular formula is C13H15NO3. The molecule has 1 aromatic carbocycles. The lowest BCUT2D eigenvalue weighted by atomic mass is 10.2. The van der Waals surface area contributed by atoms with Gasteiger partial charge in [0.25, 0.3) is 0 Å². The Morgan fingerprint density at radius 1 is 1.41 bits per heavy atom. The van der Waals surface area contributed by atoms with Crippen molar-refractivity contribution in [2.45, 2.75) is 0 Å². The zero-order valence-electron chi connectivity index (χ0n) is 10.2. The van der Waals surface area contributed by atoms with Crippen LogP contribution < -0.4 is 4.74 Å². The fourth-order valence-corrected chi connectivity index (χ4v) is 1.70. The number of nitrogens with zero attached hydrogens (tertiary/aromatic N) is 1. The highest BCUT2D eigenvalue weighted by Crippen LogP contribution is 2.28. The van der Waals surface area contributed by atoms with E-state index in [2.05, 4.69) is 0 Å². The highest BCUT2D eigenvalue weighted by atomic mass is 16.5. The van der Waals surface area contributed by atoms with E-state index in [1.54, 1.807) is 13.2 Å². The van der Waals surface area contributed by atoms with Crippen molar-refractivity contribution in [1.29, 1.82) is 0 Å². The number of carbonyl (C=O) groups is 1. The van der Waals surface area contributed by atoms with Crippen LogP contribution in [0, 0.1) is 0 Å². The minimum Gasteiger partial charge on any atom is -0.493 e. The topological polar surface area (TPSA) is 42.7 Å². The van der Waals surface area contributed by atoms with Crippen LogP contribution in [0.3, 0.4) is 0 Å². The maximum Gasteiger partial charge on any atom is 0.211 e. The Morgan fingerprint density at radius 3 is 2.82 bits per heavy atom. The van der Waals surface area contributed by atoms with Crippen LogP contribution >= 0.6 is 0 Å². The normalized spacial score (nSPS) is 11.1. The zero-order chi connectivity index (χ0) is 12.4. The van der Waals surface area contributed by atoms with Crippen molar-refractivity contribution in [2.24, 2.45) is 0 Å². The molecule has 1 aromatic heterocycles. The van der Waals surface area contributed by atoms with Crippen molar-refractivity contribution in [1.82, 2.24) is 4.90 Å². The van der Waals surface area contributed by atoms with Gasteiger partial charge in [0.1, 0.15) is 0 Å². The second-order valence-electron chi connectivity index (χ2n) is 4.15. The van der Waals surface area contributed by atoms with Gasteiger partial charge >= 0.3 is 0 Å². The molecule has 0 atom stereocenters. The van der Waals surface area contributed by atoms with E-state index in [0.717, 1.165) is 5.39 Å². The Hall–Kier alpha value is -1.81. The fourth-order valence-electron chi connectivity index (χ4n) is 1.70. The summed E-state index contributed by atoms with van der Waals surface area (Å²) in [4.78, 5) is 13.7. The number of likely N-dealkylation sites (N-methyl/N-ethyl adjacent to an activating group) is 1. The maximum atomic E-state index is 11.8. The molecule has 0 aliphatic rings. The molecule has 0 aliphatic heterocycles. The third kappa shape index (κ3) is 2.31. The third-order valence-electron chi connectivity index (χ3n) is 2.46. The van der Waals surface area contributed by atoms with E-state index in [-0.39, 0.29) is 5.78 Å². The van der Waals surface area contributed by atoms with Gasteiger partial charge in [0.2, 0.25) is 5.78 Å². The Kier molecular flexibility index (Phi) is 3.15. The number of hydrogen-bond acceptors (Lipinski definition) is 4. The van der Waals surface area contributed by atoms with Crippen LogP contribution in [0.4, 0.5) is 0 Å². The summed E-state index contributed by atoms with van der Waals surface area (Å²) >= 11 is 0. The van der Waals surface area contributed by atoms with Crippen LogP contribution in [0.1, 0.15) is 10.6 Å². The monoisotopic (exact) mass is 233 g/mol. The standard InChI is InChI=1S/C13H15NO3/c1-14(2)8-10(15)12-7-9-5-4-6-11(16-3)13(9)17-12/h4-7H,8H2,1-3H3. The Labute approximate surface area is 99.8 Å². The predicted octanol–water partition coefficient (Wildman–Crippen LogP) is 2.19. The first-order valence-corrected chi connectivity index (χ1v) is 5.36. The Bertz CT molecular complexity index is 543. The van der Waals surface area contributed by atoms with Crippen LogP contribution in [0.2, 0.25) is 0 Å². The lowest BCUT2D eigenvalue weighted by molar-refractivity contribution is 0.0932. The molecule has 0 aliphatic carbocycles. The summed E-state index contributed by atoms with van der Waals surface area (Å²) in [6.07, 6.45) is 0. The van der Waals surface area contributed by atoms with Gasteiger partial charge in [-0.05, 0) is 26.2 Å². The number of fused-ring (bicyclic) bond motifs is 1. The largest absolute Gasteiger partial charge is 0.493 e. The fraction of sp³-hybridized carbons (Fsp3) is 0.308. The van der Waals surface area contributed by atoms with Gasteiger partial charge < -0.3 is 14.1 Å². The molecule has 0 bridgehead atoms. The maximum absolute atomic E-state index is 11.8. The van der Waals surface area contributed by atoms with Crippen molar-refractivity contribution in [3.05, 3.63) is 30.0 Å². The summed E-state index contributed by atoms with van der Waals surface area (Å²) < 4.78 is 10.7. The van der Waals surface area contributed by atoms with E-state index in [9.17, 15) is 4.79 Å². The molecule has 90 valence electrons. The molecule has 0 spiro atoms. The molecule has 2 aromatic rings. The lowest BCUT2D eigenvalue weighted by Crippen LogP contribution is -2.21. The molecule has 1 heterocycles. The van der Waals surface area contributed by atoms with Crippen LogP contribution in [0.5, 0.6) is 5.75 Å². The van der Waals surface area contributed by atoms with Gasteiger partial charge in [-0.1, -0.05) is 12.1 Å². The third-order valence-corrected chi connectivity index (χ3v) is 2.46. The van der Waals surface area contributed by atoms with Crippen molar-refractivity contribution in [3.8, 4) is 5.75 Å². The van der Waals surface area contributed by atoms with Crippen LogP contribution in [0.25, 0.3) is 11.0 Å². The quantitative estimate of drug-likeness (QED) is 0.759. The molecular weight excluding hydrogens is 218 g/mol. The summed E-state index contributed by atoms with van der Waals surface area (Å²) in [5.41, 5.74) is 0.622. The molecule has 2 rings (SSSR count). The van der Waals surface area contributed by atoms with Crippen molar-refractivity contribution >= 4 is 16.8 Å². The zero-order valence-corrected chi connectivity index (χ0v) is 10.2. The van der Waals surface area contributed by atoms with Gasteiger partial charge in [-0.15, -0.1) is 0 Å². The average molecular weight is 233 g/mol. The summed E-state index contributed by atoms with van der Waals surface area (Å²) in [7, 11) is 5.28. The number of Topliss-reactive ketones (excluding diaryl/α,β-unsaturated/α-hetero) is 1. The highest BCUT2D eigenvalue weighted by Gasteiger charge is 2.14. The van der Waals surface area contributed by atoms with Crippen LogP contribution in [0.15, 0.2) is 28.7 Å². The SMILES string of the molecule is COc1cccc2cc(C(=O)CN(C)C)oc12. The first kappa shape index (κ1) is 11.7. The summed E-state index contributed by atoms with van der Waals surface area (Å²) in [5.74, 6) is 0.984. The van der Waals surface area contributed by atoms with E-state index in [4.69, 9.17) is 9.15 Å². The van der Waals surface area contributed by atoms with E-state index >= 15 is 0 Å². The van der Waals surface area contributed by atoms with Gasteiger partial charge in [0, 0.05) is 5.39 Å². The lowest BCUT2D eigenvalue weighted by Gasteiger charge is -2.05. The highest BCUT2D eigenvalue weighted by molar-refractivity contribution is 5.99. The van der Waals surface area contributed by atoms with E-state index in [1.807, 2.05) is 37.2 Å². The minimum atomic E-state index is -0.0340. The van der Waals surface area contributed by atoms with E-state index < -0.39 is 0 Å². The number of benzene rings is 1. The number of methoxy groups -OCH3 is 1.